The molecule has 2 saturated heterocycles. The largest absolute Gasteiger partial charge is 0.395 e. The summed E-state index contributed by atoms with van der Waals surface area (Å²) in [5.74, 6) is -0.0774. The number of piperidine rings is 1. The van der Waals surface area contributed by atoms with Gasteiger partial charge in [0.25, 0.3) is 5.91 Å². The van der Waals surface area contributed by atoms with Crippen molar-refractivity contribution in [2.75, 3.05) is 18.8 Å². The SMILES string of the molecule is CCn1nc(C)c(N)c1C(=O)NC1CCN2CCCC2C1. The van der Waals surface area contributed by atoms with Crippen LogP contribution in [-0.4, -0.2) is 45.8 Å². The van der Waals surface area contributed by atoms with Crippen LogP contribution in [-0.2, 0) is 6.54 Å². The molecule has 6 nitrogen and oxygen atoms in total. The van der Waals surface area contributed by atoms with E-state index in [1.54, 1.807) is 4.68 Å². The normalized spacial score (nSPS) is 25.8. The molecule has 2 aliphatic rings. The number of carbonyl (C=O) groups is 1. The minimum Gasteiger partial charge on any atom is -0.395 e. The summed E-state index contributed by atoms with van der Waals surface area (Å²) in [7, 11) is 0. The number of nitrogens with zero attached hydrogens (tertiary/aromatic N) is 3. The summed E-state index contributed by atoms with van der Waals surface area (Å²) in [5.41, 5.74) is 7.77. The molecule has 2 fully saturated rings. The van der Waals surface area contributed by atoms with Crippen LogP contribution in [0.1, 0.15) is 48.8 Å². The molecular weight excluding hydrogens is 266 g/mol. The molecule has 1 aromatic heterocycles. The van der Waals surface area contributed by atoms with E-state index in [-0.39, 0.29) is 11.9 Å². The molecule has 0 radical (unpaired) electrons. The van der Waals surface area contributed by atoms with Gasteiger partial charge in [0, 0.05) is 25.2 Å². The molecule has 2 unspecified atom stereocenters. The highest BCUT2D eigenvalue weighted by Crippen LogP contribution is 2.27. The van der Waals surface area contributed by atoms with E-state index in [0.29, 0.717) is 24.0 Å². The molecule has 3 heterocycles. The average Bonchev–Trinajstić information content (AvgIpc) is 3.03. The summed E-state index contributed by atoms with van der Waals surface area (Å²) in [5, 5.41) is 7.49. The molecular formula is C15H25N5O. The summed E-state index contributed by atoms with van der Waals surface area (Å²) in [4.78, 5) is 15.1. The van der Waals surface area contributed by atoms with Crippen LogP contribution in [0.5, 0.6) is 0 Å². The third-order valence-electron chi connectivity index (χ3n) is 4.84. The number of aromatic nitrogens is 2. The van der Waals surface area contributed by atoms with Crippen LogP contribution in [0.3, 0.4) is 0 Å². The molecule has 1 amide bonds. The zero-order chi connectivity index (χ0) is 15.0. The van der Waals surface area contributed by atoms with Gasteiger partial charge in [-0.3, -0.25) is 9.48 Å². The van der Waals surface area contributed by atoms with Crippen molar-refractivity contribution < 1.29 is 4.79 Å². The molecule has 0 aromatic carbocycles. The second-order valence-corrected chi connectivity index (χ2v) is 6.19. The van der Waals surface area contributed by atoms with Crippen LogP contribution in [0.15, 0.2) is 0 Å². The first-order valence-electron chi connectivity index (χ1n) is 7.98. The zero-order valence-corrected chi connectivity index (χ0v) is 12.9. The highest BCUT2D eigenvalue weighted by Gasteiger charge is 2.33. The molecule has 2 aliphatic heterocycles. The Balaban J connectivity index is 1.69. The lowest BCUT2D eigenvalue weighted by molar-refractivity contribution is 0.0886. The maximum atomic E-state index is 12.6. The van der Waals surface area contributed by atoms with Gasteiger partial charge in [0.2, 0.25) is 0 Å². The van der Waals surface area contributed by atoms with E-state index in [0.717, 1.165) is 25.1 Å². The zero-order valence-electron chi connectivity index (χ0n) is 12.9. The fourth-order valence-corrected chi connectivity index (χ4v) is 3.67. The fraction of sp³-hybridized carbons (Fsp3) is 0.733. The van der Waals surface area contributed by atoms with Gasteiger partial charge in [0.15, 0.2) is 0 Å². The van der Waals surface area contributed by atoms with Gasteiger partial charge in [-0.2, -0.15) is 5.10 Å². The second kappa shape index (κ2) is 5.67. The Kier molecular flexibility index (Phi) is 3.89. The van der Waals surface area contributed by atoms with Gasteiger partial charge in [0.05, 0.1) is 11.4 Å². The van der Waals surface area contributed by atoms with Crippen LogP contribution in [0.25, 0.3) is 0 Å². The summed E-state index contributed by atoms with van der Waals surface area (Å²) in [6.45, 7) is 6.79. The number of hydrogen-bond acceptors (Lipinski definition) is 4. The van der Waals surface area contributed by atoms with E-state index in [4.69, 9.17) is 5.73 Å². The Hall–Kier alpha value is -1.56. The van der Waals surface area contributed by atoms with Crippen LogP contribution >= 0.6 is 0 Å². The first kappa shape index (κ1) is 14.4. The highest BCUT2D eigenvalue weighted by atomic mass is 16.2. The minimum absolute atomic E-state index is 0.0774. The van der Waals surface area contributed by atoms with Crippen molar-refractivity contribution in [3.05, 3.63) is 11.4 Å². The quantitative estimate of drug-likeness (QED) is 0.876. The van der Waals surface area contributed by atoms with Crippen LogP contribution in [0.2, 0.25) is 0 Å². The number of nitrogens with two attached hydrogens (primary N) is 1. The summed E-state index contributed by atoms with van der Waals surface area (Å²) in [6, 6.07) is 0.913. The van der Waals surface area contributed by atoms with Crippen molar-refractivity contribution in [2.45, 2.75) is 58.2 Å². The van der Waals surface area contributed by atoms with E-state index in [9.17, 15) is 4.79 Å². The molecule has 6 heteroatoms. The van der Waals surface area contributed by atoms with Crippen molar-refractivity contribution in [3.63, 3.8) is 0 Å². The number of nitrogen functional groups attached to an aromatic ring is 1. The smallest absolute Gasteiger partial charge is 0.271 e. The Labute approximate surface area is 125 Å². The van der Waals surface area contributed by atoms with Crippen molar-refractivity contribution in [2.24, 2.45) is 0 Å². The molecule has 116 valence electrons. The van der Waals surface area contributed by atoms with Crippen LogP contribution in [0, 0.1) is 6.92 Å². The molecule has 3 rings (SSSR count). The van der Waals surface area contributed by atoms with Gasteiger partial charge in [-0.1, -0.05) is 0 Å². The van der Waals surface area contributed by atoms with Crippen molar-refractivity contribution in [1.29, 1.82) is 0 Å². The maximum absolute atomic E-state index is 12.6. The number of anilines is 1. The van der Waals surface area contributed by atoms with E-state index in [1.807, 2.05) is 13.8 Å². The highest BCUT2D eigenvalue weighted by molar-refractivity contribution is 5.98. The Morgan fingerprint density at radius 3 is 3.00 bits per heavy atom. The van der Waals surface area contributed by atoms with Gasteiger partial charge in [0.1, 0.15) is 5.69 Å². The second-order valence-electron chi connectivity index (χ2n) is 6.19. The molecule has 21 heavy (non-hydrogen) atoms. The minimum atomic E-state index is -0.0774. The van der Waals surface area contributed by atoms with Gasteiger partial charge < -0.3 is 16.0 Å². The number of carbonyl (C=O) groups excluding carboxylic acids is 1. The summed E-state index contributed by atoms with van der Waals surface area (Å²) >= 11 is 0. The molecule has 0 aliphatic carbocycles. The fourth-order valence-electron chi connectivity index (χ4n) is 3.67. The summed E-state index contributed by atoms with van der Waals surface area (Å²) in [6.07, 6.45) is 4.65. The van der Waals surface area contributed by atoms with Gasteiger partial charge in [-0.05, 0) is 46.1 Å². The lowest BCUT2D eigenvalue weighted by Gasteiger charge is -2.35. The predicted octanol–water partition coefficient (Wildman–Crippen LogP) is 1.15. The maximum Gasteiger partial charge on any atom is 0.271 e. The lowest BCUT2D eigenvalue weighted by atomic mass is 9.97. The van der Waals surface area contributed by atoms with Gasteiger partial charge in [-0.25, -0.2) is 0 Å². The number of aryl methyl sites for hydroxylation is 2. The van der Waals surface area contributed by atoms with Gasteiger partial charge >= 0.3 is 0 Å². The monoisotopic (exact) mass is 291 g/mol. The summed E-state index contributed by atoms with van der Waals surface area (Å²) < 4.78 is 1.70. The van der Waals surface area contributed by atoms with E-state index >= 15 is 0 Å². The molecule has 0 saturated carbocycles. The number of rotatable bonds is 3. The molecule has 1 aromatic rings. The Bertz CT molecular complexity index is 538. The average molecular weight is 291 g/mol. The number of fused-ring (bicyclic) bond motifs is 1. The third kappa shape index (κ3) is 2.64. The van der Waals surface area contributed by atoms with Crippen molar-refractivity contribution in [1.82, 2.24) is 20.0 Å². The van der Waals surface area contributed by atoms with Crippen molar-refractivity contribution >= 4 is 11.6 Å². The van der Waals surface area contributed by atoms with Crippen LogP contribution in [0.4, 0.5) is 5.69 Å². The molecule has 2 atom stereocenters. The van der Waals surface area contributed by atoms with Crippen molar-refractivity contribution in [3.8, 4) is 0 Å². The Morgan fingerprint density at radius 1 is 1.43 bits per heavy atom. The first-order valence-corrected chi connectivity index (χ1v) is 7.98. The van der Waals surface area contributed by atoms with E-state index in [1.165, 1.54) is 19.4 Å². The lowest BCUT2D eigenvalue weighted by Crippen LogP contribution is -2.47. The molecule has 0 bridgehead atoms. The van der Waals surface area contributed by atoms with E-state index < -0.39 is 0 Å². The standard InChI is InChI=1S/C15H25N5O/c1-3-20-14(13(16)10(2)18-20)15(21)17-11-6-8-19-7-4-5-12(19)9-11/h11-12H,3-9,16H2,1-2H3,(H,17,21). The number of nitrogens with one attached hydrogen (secondary N) is 1. The first-order chi connectivity index (χ1) is 10.1. The third-order valence-corrected chi connectivity index (χ3v) is 4.84. The molecule has 3 N–H and O–H groups in total. The molecule has 0 spiro atoms. The predicted molar refractivity (Wildman–Crippen MR) is 82.1 cm³/mol. The number of hydrogen-bond donors (Lipinski definition) is 2. The van der Waals surface area contributed by atoms with Gasteiger partial charge in [-0.15, -0.1) is 0 Å². The van der Waals surface area contributed by atoms with E-state index in [2.05, 4.69) is 15.3 Å². The topological polar surface area (TPSA) is 76.2 Å². The van der Waals surface area contributed by atoms with Crippen LogP contribution < -0.4 is 11.1 Å². The number of amides is 1. The Morgan fingerprint density at radius 2 is 2.24 bits per heavy atom.